The van der Waals surface area contributed by atoms with E-state index in [1.165, 1.54) is 19.3 Å². The van der Waals surface area contributed by atoms with Crippen LogP contribution in [0.5, 0.6) is 0 Å². The van der Waals surface area contributed by atoms with Crippen molar-refractivity contribution in [2.24, 2.45) is 23.7 Å². The molecule has 1 heterocycles. The fraction of sp³-hybridized carbons (Fsp3) is 0.450. The van der Waals surface area contributed by atoms with Crippen LogP contribution in [0.2, 0.25) is 0 Å². The van der Waals surface area contributed by atoms with Gasteiger partial charge in [0.2, 0.25) is 0 Å². The van der Waals surface area contributed by atoms with Gasteiger partial charge in [0.05, 0.1) is 11.6 Å². The summed E-state index contributed by atoms with van der Waals surface area (Å²) < 4.78 is 0. The quantitative estimate of drug-likeness (QED) is 0.845. The summed E-state index contributed by atoms with van der Waals surface area (Å²) in [5, 5.41) is 12.2. The highest BCUT2D eigenvalue weighted by atomic mass is 16.3. The molecule has 3 unspecified atom stereocenters. The molecule has 1 aromatic heterocycles. The van der Waals surface area contributed by atoms with E-state index in [9.17, 15) is 5.11 Å². The Morgan fingerprint density at radius 2 is 1.95 bits per heavy atom. The molecule has 22 heavy (non-hydrogen) atoms. The van der Waals surface area contributed by atoms with E-state index in [0.717, 1.165) is 28.8 Å². The van der Waals surface area contributed by atoms with E-state index >= 15 is 0 Å². The fourth-order valence-corrected chi connectivity index (χ4v) is 4.81. The number of aromatic nitrogens is 1. The maximum atomic E-state index is 11.1. The number of aliphatic hydroxyl groups excluding tert-OH is 1. The topological polar surface area (TPSA) is 33.1 Å². The monoisotopic (exact) mass is 293 g/mol. The predicted octanol–water partition coefficient (Wildman–Crippen LogP) is 4.51. The lowest BCUT2D eigenvalue weighted by molar-refractivity contribution is -0.0217. The van der Waals surface area contributed by atoms with Crippen LogP contribution in [0.1, 0.15) is 37.4 Å². The van der Waals surface area contributed by atoms with Crippen molar-refractivity contribution < 1.29 is 5.11 Å². The van der Waals surface area contributed by atoms with Crippen LogP contribution < -0.4 is 0 Å². The van der Waals surface area contributed by atoms with Crippen LogP contribution >= 0.6 is 0 Å². The second-order valence-electron chi connectivity index (χ2n) is 6.99. The zero-order valence-electron chi connectivity index (χ0n) is 12.9. The average molecular weight is 293 g/mol. The average Bonchev–Trinajstić information content (AvgIpc) is 2.60. The van der Waals surface area contributed by atoms with Crippen molar-refractivity contribution in [1.29, 1.82) is 0 Å². The largest absolute Gasteiger partial charge is 0.388 e. The summed E-state index contributed by atoms with van der Waals surface area (Å²) in [5.74, 6) is 2.40. The minimum atomic E-state index is -0.369. The highest BCUT2D eigenvalue weighted by Gasteiger charge is 2.43. The molecule has 0 aliphatic heterocycles. The molecule has 0 spiro atoms. The molecule has 1 N–H and O–H groups in total. The van der Waals surface area contributed by atoms with Gasteiger partial charge in [-0.1, -0.05) is 24.3 Å². The molecule has 5 atom stereocenters. The van der Waals surface area contributed by atoms with Gasteiger partial charge in [-0.05, 0) is 67.1 Å². The molecule has 2 bridgehead atoms. The Labute approximate surface area is 131 Å². The van der Waals surface area contributed by atoms with Crippen LogP contribution in [-0.2, 0) is 0 Å². The molecule has 2 nitrogen and oxygen atoms in total. The predicted molar refractivity (Wildman–Crippen MR) is 89.3 cm³/mol. The van der Waals surface area contributed by atoms with Gasteiger partial charge < -0.3 is 5.11 Å². The van der Waals surface area contributed by atoms with Crippen molar-refractivity contribution in [2.45, 2.75) is 31.8 Å². The number of fused-ring (bicyclic) bond motifs is 4. The summed E-state index contributed by atoms with van der Waals surface area (Å²) in [6.07, 6.45) is 8.52. The van der Waals surface area contributed by atoms with Crippen LogP contribution in [0.4, 0.5) is 0 Å². The van der Waals surface area contributed by atoms with Gasteiger partial charge in [0.1, 0.15) is 0 Å². The molecule has 2 heteroatoms. The Bertz CT molecular complexity index is 690. The van der Waals surface area contributed by atoms with Crippen molar-refractivity contribution >= 4 is 10.9 Å². The lowest BCUT2D eigenvalue weighted by atomic mass is 9.58. The number of benzene rings is 1. The fourth-order valence-electron chi connectivity index (χ4n) is 4.81. The van der Waals surface area contributed by atoms with Gasteiger partial charge in [-0.25, -0.2) is 0 Å². The molecule has 2 aromatic rings. The second kappa shape index (κ2) is 5.51. The van der Waals surface area contributed by atoms with Gasteiger partial charge in [0, 0.05) is 11.6 Å². The van der Waals surface area contributed by atoms with E-state index < -0.39 is 0 Å². The number of aliphatic hydroxyl groups is 1. The molecule has 0 amide bonds. The Balaban J connectivity index is 1.67. The normalized spacial score (nSPS) is 32.0. The molecular formula is C20H23NO. The zero-order valence-corrected chi connectivity index (χ0v) is 12.9. The second-order valence-corrected chi connectivity index (χ2v) is 6.99. The Hall–Kier alpha value is -1.67. The highest BCUT2D eigenvalue weighted by molar-refractivity contribution is 5.82. The van der Waals surface area contributed by atoms with Gasteiger partial charge >= 0.3 is 0 Å². The number of hydrogen-bond acceptors (Lipinski definition) is 2. The van der Waals surface area contributed by atoms with Crippen LogP contribution in [-0.4, -0.2) is 10.1 Å². The standard InChI is InChI=1S/C20H23NO/c1-2-13-11-15-8-7-14(13)12-18(15)20(22)17-9-10-21-19-6-4-3-5-16(17)19/h2-6,9-10,13-15,18,20,22H,1,7-8,11-12H2/t13-,14+,15?,18?,20?/m1/s1. The first-order valence-corrected chi connectivity index (χ1v) is 8.42. The summed E-state index contributed by atoms with van der Waals surface area (Å²) in [4.78, 5) is 4.42. The SMILES string of the molecule is C=C[C@@H]1CC2CC[C@H]1CC2C(O)c1ccnc2ccccc12. The van der Waals surface area contributed by atoms with Crippen molar-refractivity contribution in [3.05, 3.63) is 54.7 Å². The molecule has 3 aliphatic carbocycles. The first-order valence-electron chi connectivity index (χ1n) is 8.42. The van der Waals surface area contributed by atoms with E-state index in [2.05, 4.69) is 23.7 Å². The molecule has 3 aliphatic rings. The summed E-state index contributed by atoms with van der Waals surface area (Å²) in [6.45, 7) is 4.00. The van der Waals surface area contributed by atoms with E-state index in [0.29, 0.717) is 17.8 Å². The van der Waals surface area contributed by atoms with Crippen LogP contribution in [0.3, 0.4) is 0 Å². The number of nitrogens with zero attached hydrogens (tertiary/aromatic N) is 1. The van der Waals surface area contributed by atoms with Gasteiger partial charge in [-0.3, -0.25) is 4.98 Å². The molecule has 0 saturated heterocycles. The number of hydrogen-bond donors (Lipinski definition) is 1. The summed E-state index contributed by atoms with van der Waals surface area (Å²) >= 11 is 0. The van der Waals surface area contributed by atoms with Crippen molar-refractivity contribution in [3.8, 4) is 0 Å². The molecule has 114 valence electrons. The number of pyridine rings is 1. The van der Waals surface area contributed by atoms with Gasteiger partial charge in [-0.15, -0.1) is 6.58 Å². The Morgan fingerprint density at radius 1 is 1.14 bits per heavy atom. The Kier molecular flexibility index (Phi) is 3.50. The molecule has 5 rings (SSSR count). The maximum absolute atomic E-state index is 11.1. The minimum absolute atomic E-state index is 0.369. The van der Waals surface area contributed by atoms with Crippen LogP contribution in [0.15, 0.2) is 49.2 Å². The molecule has 1 aromatic carbocycles. The molecule has 3 fully saturated rings. The zero-order chi connectivity index (χ0) is 15.1. The molecular weight excluding hydrogens is 270 g/mol. The van der Waals surface area contributed by atoms with E-state index in [4.69, 9.17) is 0 Å². The number of rotatable bonds is 3. The smallest absolute Gasteiger partial charge is 0.0828 e. The third kappa shape index (κ3) is 2.17. The first-order chi connectivity index (χ1) is 10.8. The van der Waals surface area contributed by atoms with Gasteiger partial charge in [0.25, 0.3) is 0 Å². The van der Waals surface area contributed by atoms with Crippen molar-refractivity contribution in [2.75, 3.05) is 0 Å². The number of allylic oxidation sites excluding steroid dienone is 1. The lowest BCUT2D eigenvalue weighted by Crippen LogP contribution is -2.39. The molecule has 0 radical (unpaired) electrons. The third-order valence-electron chi connectivity index (χ3n) is 5.98. The minimum Gasteiger partial charge on any atom is -0.388 e. The van der Waals surface area contributed by atoms with Crippen molar-refractivity contribution in [3.63, 3.8) is 0 Å². The lowest BCUT2D eigenvalue weighted by Gasteiger charge is -2.48. The Morgan fingerprint density at radius 3 is 2.73 bits per heavy atom. The van der Waals surface area contributed by atoms with Crippen LogP contribution in [0, 0.1) is 23.7 Å². The van der Waals surface area contributed by atoms with E-state index in [1.807, 2.05) is 30.5 Å². The van der Waals surface area contributed by atoms with Crippen LogP contribution in [0.25, 0.3) is 10.9 Å². The maximum Gasteiger partial charge on any atom is 0.0828 e. The highest BCUT2D eigenvalue weighted by Crippen LogP contribution is 2.52. The van der Waals surface area contributed by atoms with Gasteiger partial charge in [0.15, 0.2) is 0 Å². The first kappa shape index (κ1) is 14.0. The number of para-hydroxylation sites is 1. The summed E-state index contributed by atoms with van der Waals surface area (Å²) in [5.41, 5.74) is 2.03. The van der Waals surface area contributed by atoms with Gasteiger partial charge in [-0.2, -0.15) is 0 Å². The van der Waals surface area contributed by atoms with E-state index in [-0.39, 0.29) is 6.10 Å². The van der Waals surface area contributed by atoms with Crippen molar-refractivity contribution in [1.82, 2.24) is 4.98 Å². The third-order valence-corrected chi connectivity index (χ3v) is 5.98. The molecule has 3 saturated carbocycles. The summed E-state index contributed by atoms with van der Waals surface area (Å²) in [7, 11) is 0. The van der Waals surface area contributed by atoms with E-state index in [1.54, 1.807) is 0 Å². The summed E-state index contributed by atoms with van der Waals surface area (Å²) in [6, 6.07) is 10.1.